The molecule has 0 saturated carbocycles. The Morgan fingerprint density at radius 1 is 1.33 bits per heavy atom. The number of carboxylic acids is 1. The number of hydrogen-bond donors (Lipinski definition) is 2. The van der Waals surface area contributed by atoms with Gasteiger partial charge in [0.15, 0.2) is 0 Å². The maximum absolute atomic E-state index is 11.8. The van der Waals surface area contributed by atoms with Crippen LogP contribution in [-0.4, -0.2) is 38.9 Å². The predicted molar refractivity (Wildman–Crippen MR) is 85.9 cm³/mol. The smallest absolute Gasteiger partial charge is 0.360 e. The number of carbonyl (C=O) groups excluding carboxylic acids is 1. The van der Waals surface area contributed by atoms with Gasteiger partial charge in [0.2, 0.25) is 0 Å². The summed E-state index contributed by atoms with van der Waals surface area (Å²) in [5.74, 6) is -1.83. The lowest BCUT2D eigenvalue weighted by molar-refractivity contribution is -0.157. The van der Waals surface area contributed by atoms with Crippen molar-refractivity contribution in [1.82, 2.24) is 14.9 Å². The van der Waals surface area contributed by atoms with Crippen molar-refractivity contribution in [1.29, 1.82) is 0 Å². The number of ether oxygens (including phenoxy) is 1. The van der Waals surface area contributed by atoms with E-state index in [9.17, 15) is 9.59 Å². The second-order valence-corrected chi connectivity index (χ2v) is 6.24. The zero-order chi connectivity index (χ0) is 17.3. The molecular formula is C15H13Cl2N3O4. The van der Waals surface area contributed by atoms with Crippen molar-refractivity contribution < 1.29 is 19.4 Å². The molecule has 0 amide bonds. The lowest BCUT2D eigenvalue weighted by Gasteiger charge is -2.11. The monoisotopic (exact) mass is 369 g/mol. The second-order valence-electron chi connectivity index (χ2n) is 5.37. The third kappa shape index (κ3) is 3.69. The Hall–Kier alpha value is -2.09. The summed E-state index contributed by atoms with van der Waals surface area (Å²) in [4.78, 5) is 26.7. The SMILES string of the molecule is O=C1O[C@@H](C(=O)O)N[C@H]1Cc1cncn1Cc1cc(Cl)cc(Cl)c1. The highest BCUT2D eigenvalue weighted by Crippen LogP contribution is 2.20. The number of aromatic nitrogens is 2. The van der Waals surface area contributed by atoms with Crippen LogP contribution in [0.25, 0.3) is 0 Å². The molecule has 7 nitrogen and oxygen atoms in total. The van der Waals surface area contributed by atoms with E-state index in [4.69, 9.17) is 33.0 Å². The number of benzene rings is 1. The average Bonchev–Trinajstić information content (AvgIpc) is 3.06. The summed E-state index contributed by atoms with van der Waals surface area (Å²) in [6, 6.07) is 4.50. The first-order chi connectivity index (χ1) is 11.4. The molecule has 0 radical (unpaired) electrons. The van der Waals surface area contributed by atoms with Gasteiger partial charge < -0.3 is 14.4 Å². The fraction of sp³-hybridized carbons (Fsp3) is 0.267. The van der Waals surface area contributed by atoms with Crippen LogP contribution < -0.4 is 5.32 Å². The molecule has 0 unspecified atom stereocenters. The number of nitrogens with one attached hydrogen (secondary N) is 1. The third-order valence-electron chi connectivity index (χ3n) is 3.58. The van der Waals surface area contributed by atoms with Crippen LogP contribution in [-0.2, 0) is 27.3 Å². The van der Waals surface area contributed by atoms with Crippen molar-refractivity contribution in [2.24, 2.45) is 0 Å². The minimum atomic E-state index is -1.31. The van der Waals surface area contributed by atoms with Gasteiger partial charge in [-0.25, -0.2) is 9.78 Å². The van der Waals surface area contributed by atoms with Gasteiger partial charge in [0.05, 0.1) is 6.33 Å². The molecule has 0 aliphatic carbocycles. The summed E-state index contributed by atoms with van der Waals surface area (Å²) in [6.07, 6.45) is 2.19. The topological polar surface area (TPSA) is 93.5 Å². The first-order valence-electron chi connectivity index (χ1n) is 7.05. The highest BCUT2D eigenvalue weighted by molar-refractivity contribution is 6.34. The summed E-state index contributed by atoms with van der Waals surface area (Å²) < 4.78 is 6.60. The Morgan fingerprint density at radius 3 is 2.67 bits per heavy atom. The number of nitrogens with zero attached hydrogens (tertiary/aromatic N) is 2. The van der Waals surface area contributed by atoms with Crippen molar-refractivity contribution in [2.45, 2.75) is 25.2 Å². The molecule has 1 aliphatic heterocycles. The molecule has 126 valence electrons. The Balaban J connectivity index is 1.74. The van der Waals surface area contributed by atoms with E-state index < -0.39 is 24.2 Å². The van der Waals surface area contributed by atoms with E-state index >= 15 is 0 Å². The average molecular weight is 370 g/mol. The fourth-order valence-electron chi connectivity index (χ4n) is 2.52. The van der Waals surface area contributed by atoms with Gasteiger partial charge in [-0.05, 0) is 23.8 Å². The molecule has 1 aromatic heterocycles. The molecular weight excluding hydrogens is 357 g/mol. The minimum Gasteiger partial charge on any atom is -0.477 e. The van der Waals surface area contributed by atoms with E-state index in [2.05, 4.69) is 10.3 Å². The molecule has 1 aromatic carbocycles. The van der Waals surface area contributed by atoms with Crippen LogP contribution in [0.1, 0.15) is 11.3 Å². The molecule has 2 aromatic rings. The van der Waals surface area contributed by atoms with Crippen LogP contribution in [0, 0.1) is 0 Å². The van der Waals surface area contributed by atoms with E-state index in [1.165, 1.54) is 0 Å². The zero-order valence-electron chi connectivity index (χ0n) is 12.3. The maximum atomic E-state index is 11.8. The Morgan fingerprint density at radius 2 is 2.04 bits per heavy atom. The predicted octanol–water partition coefficient (Wildman–Crippen LogP) is 1.71. The quantitative estimate of drug-likeness (QED) is 0.779. The number of aliphatic carboxylic acids is 1. The molecule has 3 rings (SSSR count). The lowest BCUT2D eigenvalue weighted by atomic mass is 10.1. The van der Waals surface area contributed by atoms with E-state index in [-0.39, 0.29) is 6.42 Å². The maximum Gasteiger partial charge on any atom is 0.360 e. The van der Waals surface area contributed by atoms with Gasteiger partial charge in [-0.3, -0.25) is 10.1 Å². The molecule has 2 heterocycles. The molecule has 9 heteroatoms. The second kappa shape index (κ2) is 6.80. The number of carboxylic acid groups (broad SMARTS) is 1. The van der Waals surface area contributed by atoms with Crippen molar-refractivity contribution in [3.8, 4) is 0 Å². The van der Waals surface area contributed by atoms with Gasteiger partial charge >= 0.3 is 11.9 Å². The van der Waals surface area contributed by atoms with Crippen LogP contribution in [0.4, 0.5) is 0 Å². The first kappa shape index (κ1) is 16.8. The highest BCUT2D eigenvalue weighted by atomic mass is 35.5. The van der Waals surface area contributed by atoms with Crippen molar-refractivity contribution in [2.75, 3.05) is 0 Å². The van der Waals surface area contributed by atoms with Crippen molar-refractivity contribution in [3.63, 3.8) is 0 Å². The van der Waals surface area contributed by atoms with Crippen LogP contribution in [0.15, 0.2) is 30.7 Å². The van der Waals surface area contributed by atoms with E-state index in [1.807, 2.05) is 4.57 Å². The third-order valence-corrected chi connectivity index (χ3v) is 4.02. The summed E-state index contributed by atoms with van der Waals surface area (Å²) in [6.45, 7) is 0.472. The number of cyclic esters (lactones) is 1. The highest BCUT2D eigenvalue weighted by Gasteiger charge is 2.38. The van der Waals surface area contributed by atoms with Crippen LogP contribution in [0.2, 0.25) is 10.0 Å². The largest absolute Gasteiger partial charge is 0.477 e. The molecule has 0 spiro atoms. The Kier molecular flexibility index (Phi) is 4.75. The summed E-state index contributed by atoms with van der Waals surface area (Å²) in [5.41, 5.74) is 1.64. The van der Waals surface area contributed by atoms with Gasteiger partial charge in [0.1, 0.15) is 6.04 Å². The van der Waals surface area contributed by atoms with E-state index in [1.54, 1.807) is 30.7 Å². The molecule has 2 N–H and O–H groups in total. The molecule has 1 saturated heterocycles. The number of hydrogen-bond acceptors (Lipinski definition) is 5. The standard InChI is InChI=1S/C15H13Cl2N3O4/c16-9-1-8(2-10(17)3-9)6-20-7-18-5-11(20)4-12-15(23)24-13(19-12)14(21)22/h1-3,5,7,12-13,19H,4,6H2,(H,21,22)/t12-,13-/m0/s1. The van der Waals surface area contributed by atoms with E-state index in [0.717, 1.165) is 11.3 Å². The van der Waals surface area contributed by atoms with Gasteiger partial charge in [-0.1, -0.05) is 23.2 Å². The summed E-state index contributed by atoms with van der Waals surface area (Å²) in [5, 5.41) is 12.6. The van der Waals surface area contributed by atoms with Crippen LogP contribution in [0.5, 0.6) is 0 Å². The normalized spacial score (nSPS) is 20.2. The number of esters is 1. The minimum absolute atomic E-state index is 0.261. The van der Waals surface area contributed by atoms with Gasteiger partial charge in [0.25, 0.3) is 6.23 Å². The summed E-state index contributed by atoms with van der Waals surface area (Å²) >= 11 is 12.0. The van der Waals surface area contributed by atoms with Crippen LogP contribution in [0.3, 0.4) is 0 Å². The molecule has 1 fully saturated rings. The lowest BCUT2D eigenvalue weighted by Crippen LogP contribution is -2.38. The number of halogens is 2. The summed E-state index contributed by atoms with van der Waals surface area (Å²) in [7, 11) is 0. The van der Waals surface area contributed by atoms with Crippen molar-refractivity contribution >= 4 is 35.1 Å². The number of imidazole rings is 1. The number of carbonyl (C=O) groups is 2. The van der Waals surface area contributed by atoms with E-state index in [0.29, 0.717) is 16.6 Å². The first-order valence-corrected chi connectivity index (χ1v) is 7.81. The van der Waals surface area contributed by atoms with Gasteiger partial charge in [0, 0.05) is 34.9 Å². The van der Waals surface area contributed by atoms with Crippen molar-refractivity contribution in [3.05, 3.63) is 52.0 Å². The Bertz CT molecular complexity index is 773. The van der Waals surface area contributed by atoms with Crippen LogP contribution >= 0.6 is 23.2 Å². The molecule has 2 atom stereocenters. The molecule has 1 aliphatic rings. The number of rotatable bonds is 5. The zero-order valence-corrected chi connectivity index (χ0v) is 13.8. The molecule has 0 bridgehead atoms. The van der Waals surface area contributed by atoms with Gasteiger partial charge in [-0.2, -0.15) is 0 Å². The molecule has 24 heavy (non-hydrogen) atoms. The van der Waals surface area contributed by atoms with Gasteiger partial charge in [-0.15, -0.1) is 0 Å². The Labute approximate surface area is 147 Å². The fourth-order valence-corrected chi connectivity index (χ4v) is 3.09.